The largest absolute Gasteiger partial charge is 0.449 e. The summed E-state index contributed by atoms with van der Waals surface area (Å²) >= 11 is 6.47. The summed E-state index contributed by atoms with van der Waals surface area (Å²) in [7, 11) is 0. The van der Waals surface area contributed by atoms with E-state index in [0.29, 0.717) is 42.3 Å². The summed E-state index contributed by atoms with van der Waals surface area (Å²) in [4.78, 5) is 36.5. The van der Waals surface area contributed by atoms with Crippen molar-refractivity contribution in [2.24, 2.45) is 0 Å². The topological polar surface area (TPSA) is 78.5 Å². The van der Waals surface area contributed by atoms with Gasteiger partial charge in [-0.25, -0.2) is 9.78 Å². The minimum absolute atomic E-state index is 0.0825. The second-order valence-electron chi connectivity index (χ2n) is 7.73. The smallest absolute Gasteiger partial charge is 0.409 e. The van der Waals surface area contributed by atoms with E-state index in [4.69, 9.17) is 21.3 Å². The number of aromatic amines is 1. The Kier molecular flexibility index (Phi) is 6.13. The van der Waals surface area contributed by atoms with Crippen molar-refractivity contribution in [1.29, 1.82) is 0 Å². The number of fused-ring (bicyclic) bond motifs is 1. The first-order valence-electron chi connectivity index (χ1n) is 10.4. The van der Waals surface area contributed by atoms with Crippen molar-refractivity contribution in [3.8, 4) is 11.3 Å². The van der Waals surface area contributed by atoms with E-state index in [9.17, 15) is 9.59 Å². The fourth-order valence-corrected chi connectivity index (χ4v) is 4.08. The number of benzene rings is 1. The predicted octanol–water partition coefficient (Wildman–Crippen LogP) is 4.58. The number of nitrogens with one attached hydrogen (secondary N) is 1. The summed E-state index contributed by atoms with van der Waals surface area (Å²) in [6.07, 6.45) is 4.15. The summed E-state index contributed by atoms with van der Waals surface area (Å²) in [5, 5.41) is 1.39. The number of halogens is 1. The molecule has 1 N–H and O–H groups in total. The number of pyridine rings is 1. The molecular formula is C23H25ClN4O3. The van der Waals surface area contributed by atoms with Gasteiger partial charge in [0.05, 0.1) is 22.8 Å². The number of carbonyl (C=O) groups is 2. The van der Waals surface area contributed by atoms with Gasteiger partial charge in [0, 0.05) is 54.6 Å². The van der Waals surface area contributed by atoms with Crippen LogP contribution in [0.1, 0.15) is 30.6 Å². The molecule has 0 radical (unpaired) electrons. The van der Waals surface area contributed by atoms with Gasteiger partial charge in [-0.05, 0) is 37.6 Å². The van der Waals surface area contributed by atoms with Crippen molar-refractivity contribution in [2.75, 3.05) is 26.2 Å². The molecule has 162 valence electrons. The van der Waals surface area contributed by atoms with E-state index in [2.05, 4.69) is 4.98 Å². The molecule has 0 saturated carbocycles. The maximum atomic E-state index is 13.2. The first-order valence-corrected chi connectivity index (χ1v) is 10.8. The first-order chi connectivity index (χ1) is 15.0. The standard InChI is InChI=1S/C23H25ClN4O3/c1-3-10-31-23(30)27-8-9-28(15(2)14-27)22(29)16-4-5-18-19(24)12-20(26-21(18)11-16)17-6-7-25-13-17/h4-7,11-13,15,25H,3,8-10,14H2,1-2H3/t15-/m0/s1. The highest BCUT2D eigenvalue weighted by Gasteiger charge is 2.31. The van der Waals surface area contributed by atoms with Crippen LogP contribution in [0.25, 0.3) is 22.2 Å². The molecule has 3 heterocycles. The molecule has 1 atom stereocenters. The molecular weight excluding hydrogens is 416 g/mol. The SMILES string of the molecule is CCCOC(=O)N1CCN(C(=O)c2ccc3c(Cl)cc(-c4cc[nH]c4)nc3c2)[C@@H](C)C1. The monoisotopic (exact) mass is 440 g/mol. The normalized spacial score (nSPS) is 16.5. The molecule has 0 aliphatic carbocycles. The lowest BCUT2D eigenvalue weighted by Gasteiger charge is -2.39. The number of ether oxygens (including phenoxy) is 1. The minimum Gasteiger partial charge on any atom is -0.449 e. The number of carbonyl (C=O) groups excluding carboxylic acids is 2. The highest BCUT2D eigenvalue weighted by molar-refractivity contribution is 6.35. The molecule has 2 aromatic heterocycles. The van der Waals surface area contributed by atoms with Crippen molar-refractivity contribution >= 4 is 34.5 Å². The molecule has 8 heteroatoms. The molecule has 1 saturated heterocycles. The number of aromatic nitrogens is 2. The van der Waals surface area contributed by atoms with Crippen LogP contribution in [-0.4, -0.2) is 64.1 Å². The van der Waals surface area contributed by atoms with Gasteiger partial charge in [-0.1, -0.05) is 24.6 Å². The fraction of sp³-hybridized carbons (Fsp3) is 0.348. The van der Waals surface area contributed by atoms with Gasteiger partial charge in [0.1, 0.15) is 0 Å². The first kappa shape index (κ1) is 21.2. The van der Waals surface area contributed by atoms with Crippen molar-refractivity contribution in [1.82, 2.24) is 19.8 Å². The van der Waals surface area contributed by atoms with Gasteiger partial charge in [0.25, 0.3) is 5.91 Å². The maximum absolute atomic E-state index is 13.2. The van der Waals surface area contributed by atoms with E-state index >= 15 is 0 Å². The van der Waals surface area contributed by atoms with E-state index < -0.39 is 0 Å². The van der Waals surface area contributed by atoms with Crippen LogP contribution in [0.15, 0.2) is 42.7 Å². The molecule has 31 heavy (non-hydrogen) atoms. The Labute approximate surface area is 186 Å². The van der Waals surface area contributed by atoms with Crippen LogP contribution < -0.4 is 0 Å². The van der Waals surface area contributed by atoms with Crippen LogP contribution in [0, 0.1) is 0 Å². The van der Waals surface area contributed by atoms with Gasteiger partial charge in [-0.15, -0.1) is 0 Å². The molecule has 0 bridgehead atoms. The van der Waals surface area contributed by atoms with Crippen molar-refractivity contribution < 1.29 is 14.3 Å². The summed E-state index contributed by atoms with van der Waals surface area (Å²) < 4.78 is 5.22. The molecule has 1 fully saturated rings. The van der Waals surface area contributed by atoms with Gasteiger partial charge >= 0.3 is 6.09 Å². The summed E-state index contributed by atoms with van der Waals surface area (Å²) in [6, 6.07) is 9.03. The molecule has 1 aromatic carbocycles. The van der Waals surface area contributed by atoms with Crippen LogP contribution in [0.5, 0.6) is 0 Å². The van der Waals surface area contributed by atoms with Crippen LogP contribution >= 0.6 is 11.6 Å². The maximum Gasteiger partial charge on any atom is 0.409 e. The van der Waals surface area contributed by atoms with Gasteiger partial charge in [0.2, 0.25) is 0 Å². The van der Waals surface area contributed by atoms with Gasteiger partial charge in [-0.3, -0.25) is 4.79 Å². The number of rotatable bonds is 4. The van der Waals surface area contributed by atoms with Crippen LogP contribution in [0.3, 0.4) is 0 Å². The second-order valence-corrected chi connectivity index (χ2v) is 8.14. The average molecular weight is 441 g/mol. The Morgan fingerprint density at radius 3 is 2.81 bits per heavy atom. The van der Waals surface area contributed by atoms with Crippen LogP contribution in [-0.2, 0) is 4.74 Å². The number of H-pyrrole nitrogens is 1. The van der Waals surface area contributed by atoms with E-state index in [1.165, 1.54) is 0 Å². The third kappa shape index (κ3) is 4.37. The Balaban J connectivity index is 1.54. The molecule has 1 aliphatic heterocycles. The Morgan fingerprint density at radius 2 is 2.10 bits per heavy atom. The van der Waals surface area contributed by atoms with Crippen molar-refractivity contribution in [3.05, 3.63) is 53.3 Å². The Hall–Kier alpha value is -3.06. The van der Waals surface area contributed by atoms with Gasteiger partial charge < -0.3 is 19.5 Å². The lowest BCUT2D eigenvalue weighted by molar-refractivity contribution is 0.0414. The van der Waals surface area contributed by atoms with Crippen molar-refractivity contribution in [3.63, 3.8) is 0 Å². The summed E-state index contributed by atoms with van der Waals surface area (Å²) in [6.45, 7) is 5.66. The zero-order chi connectivity index (χ0) is 22.0. The Bertz CT molecular complexity index is 1100. The van der Waals surface area contributed by atoms with Gasteiger partial charge in [-0.2, -0.15) is 0 Å². The summed E-state index contributed by atoms with van der Waals surface area (Å²) in [5.41, 5.74) is 2.90. The second kappa shape index (κ2) is 8.98. The number of hydrogen-bond donors (Lipinski definition) is 1. The van der Waals surface area contributed by atoms with E-state index in [1.54, 1.807) is 21.9 Å². The van der Waals surface area contributed by atoms with E-state index in [1.807, 2.05) is 44.4 Å². The van der Waals surface area contributed by atoms with Crippen LogP contribution in [0.4, 0.5) is 4.79 Å². The molecule has 0 spiro atoms. The average Bonchev–Trinajstić information content (AvgIpc) is 3.31. The molecule has 4 rings (SSSR count). The zero-order valence-electron chi connectivity index (χ0n) is 17.6. The van der Waals surface area contributed by atoms with Gasteiger partial charge in [0.15, 0.2) is 0 Å². The Morgan fingerprint density at radius 1 is 1.26 bits per heavy atom. The third-order valence-electron chi connectivity index (χ3n) is 5.48. The molecule has 3 aromatic rings. The predicted molar refractivity (Wildman–Crippen MR) is 120 cm³/mol. The number of amides is 2. The molecule has 7 nitrogen and oxygen atoms in total. The van der Waals surface area contributed by atoms with Crippen molar-refractivity contribution in [2.45, 2.75) is 26.3 Å². The lowest BCUT2D eigenvalue weighted by Crippen LogP contribution is -2.55. The molecule has 2 amide bonds. The molecule has 1 aliphatic rings. The van der Waals surface area contributed by atoms with E-state index in [0.717, 1.165) is 23.1 Å². The quantitative estimate of drug-likeness (QED) is 0.644. The van der Waals surface area contributed by atoms with Crippen LogP contribution in [0.2, 0.25) is 5.02 Å². The zero-order valence-corrected chi connectivity index (χ0v) is 18.4. The number of hydrogen-bond acceptors (Lipinski definition) is 4. The summed E-state index contributed by atoms with van der Waals surface area (Å²) in [5.74, 6) is -0.0825. The number of nitrogens with zero attached hydrogens (tertiary/aromatic N) is 3. The molecule has 0 unspecified atom stereocenters. The highest BCUT2D eigenvalue weighted by Crippen LogP contribution is 2.29. The number of piperazine rings is 1. The third-order valence-corrected chi connectivity index (χ3v) is 5.79. The van der Waals surface area contributed by atoms with E-state index in [-0.39, 0.29) is 18.0 Å². The fourth-order valence-electron chi connectivity index (χ4n) is 3.82. The lowest BCUT2D eigenvalue weighted by atomic mass is 10.1. The minimum atomic E-state index is -0.317. The highest BCUT2D eigenvalue weighted by atomic mass is 35.5.